The third-order valence-electron chi connectivity index (χ3n) is 3.34. The van der Waals surface area contributed by atoms with Gasteiger partial charge in [0.1, 0.15) is 0 Å². The molecule has 0 saturated heterocycles. The highest BCUT2D eigenvalue weighted by Gasteiger charge is 2.28. The number of rotatable bonds is 6. The molecular weight excluding hydrogens is 260 g/mol. The van der Waals surface area contributed by atoms with Crippen molar-refractivity contribution in [2.45, 2.75) is 39.4 Å². The predicted molar refractivity (Wildman–Crippen MR) is 77.2 cm³/mol. The van der Waals surface area contributed by atoms with Gasteiger partial charge in [-0.25, -0.2) is 8.42 Å². The molecule has 1 aromatic rings. The van der Waals surface area contributed by atoms with Gasteiger partial charge in [-0.2, -0.15) is 4.31 Å². The lowest BCUT2D eigenvalue weighted by Gasteiger charge is -2.16. The van der Waals surface area contributed by atoms with Gasteiger partial charge in [-0.15, -0.1) is 0 Å². The summed E-state index contributed by atoms with van der Waals surface area (Å²) in [6, 6.07) is 8.33. The van der Waals surface area contributed by atoms with Gasteiger partial charge in [0.25, 0.3) is 0 Å². The van der Waals surface area contributed by atoms with Gasteiger partial charge in [0.05, 0.1) is 5.75 Å². The van der Waals surface area contributed by atoms with E-state index in [1.54, 1.807) is 4.31 Å². The van der Waals surface area contributed by atoms with Crippen LogP contribution in [-0.4, -0.2) is 31.1 Å². The first-order valence-corrected chi connectivity index (χ1v) is 8.38. The van der Waals surface area contributed by atoms with E-state index < -0.39 is 10.0 Å². The summed E-state index contributed by atoms with van der Waals surface area (Å²) in [5.74, 6) is 0.223. The zero-order valence-corrected chi connectivity index (χ0v) is 12.4. The van der Waals surface area contributed by atoms with Crippen molar-refractivity contribution in [1.29, 1.82) is 0 Å². The second kappa shape index (κ2) is 6.03. The predicted octanol–water partition coefficient (Wildman–Crippen LogP) is 1.72. The van der Waals surface area contributed by atoms with Gasteiger partial charge in [-0.05, 0) is 24.1 Å². The molecule has 1 aliphatic heterocycles. The van der Waals surface area contributed by atoms with E-state index >= 15 is 0 Å². The van der Waals surface area contributed by atoms with E-state index in [2.05, 4.69) is 19.2 Å². The average Bonchev–Trinajstić information content (AvgIpc) is 2.79. The lowest BCUT2D eigenvalue weighted by molar-refractivity contribution is 0.429. The van der Waals surface area contributed by atoms with Crippen LogP contribution >= 0.6 is 0 Å². The number of nitrogens with one attached hydrogen (secondary N) is 1. The first-order valence-electron chi connectivity index (χ1n) is 6.77. The van der Waals surface area contributed by atoms with Crippen LogP contribution in [0.15, 0.2) is 24.3 Å². The van der Waals surface area contributed by atoms with E-state index in [4.69, 9.17) is 0 Å². The number of sulfonamides is 1. The van der Waals surface area contributed by atoms with Crippen LogP contribution in [0.4, 0.5) is 0 Å². The summed E-state index contributed by atoms with van der Waals surface area (Å²) < 4.78 is 26.1. The highest BCUT2D eigenvalue weighted by atomic mass is 32.2. The molecule has 1 N–H and O–H groups in total. The molecule has 1 heterocycles. The highest BCUT2D eigenvalue weighted by molar-refractivity contribution is 7.89. The second-order valence-electron chi connectivity index (χ2n) is 5.32. The molecule has 0 unspecified atom stereocenters. The molecule has 1 aromatic carbocycles. The van der Waals surface area contributed by atoms with E-state index in [1.807, 2.05) is 24.3 Å². The van der Waals surface area contributed by atoms with Crippen molar-refractivity contribution in [1.82, 2.24) is 9.62 Å². The normalized spacial score (nSPS) is 15.9. The van der Waals surface area contributed by atoms with E-state index in [0.29, 0.717) is 25.6 Å². The Morgan fingerprint density at radius 3 is 2.32 bits per heavy atom. The molecule has 0 bridgehead atoms. The summed E-state index contributed by atoms with van der Waals surface area (Å²) in [5, 5.41) is 3.24. The minimum Gasteiger partial charge on any atom is -0.314 e. The van der Waals surface area contributed by atoms with Crippen molar-refractivity contribution in [3.8, 4) is 0 Å². The molecule has 0 aliphatic carbocycles. The Hall–Kier alpha value is -0.910. The topological polar surface area (TPSA) is 49.4 Å². The molecule has 0 spiro atoms. The summed E-state index contributed by atoms with van der Waals surface area (Å²) in [4.78, 5) is 0. The third kappa shape index (κ3) is 3.78. The number of hydrogen-bond donors (Lipinski definition) is 1. The minimum atomic E-state index is -3.13. The molecule has 0 fully saturated rings. The molecular formula is C14H22N2O2S. The number of hydrogen-bond acceptors (Lipinski definition) is 3. The van der Waals surface area contributed by atoms with E-state index in [1.165, 1.54) is 0 Å². The first kappa shape index (κ1) is 14.5. The molecule has 1 aliphatic rings. The Balaban J connectivity index is 1.89. The SMILES string of the molecule is CC(C)NCCCS(=O)(=O)N1Cc2ccccc2C1. The molecule has 0 saturated carbocycles. The Labute approximate surface area is 115 Å². The zero-order chi connectivity index (χ0) is 13.9. The van der Waals surface area contributed by atoms with Crippen molar-refractivity contribution in [3.63, 3.8) is 0 Å². The van der Waals surface area contributed by atoms with Gasteiger partial charge < -0.3 is 5.32 Å². The van der Waals surface area contributed by atoms with Crippen LogP contribution in [0, 0.1) is 0 Å². The maximum Gasteiger partial charge on any atom is 0.214 e. The monoisotopic (exact) mass is 282 g/mol. The van der Waals surface area contributed by atoms with Gasteiger partial charge in [-0.1, -0.05) is 38.1 Å². The van der Waals surface area contributed by atoms with Gasteiger partial charge in [0.15, 0.2) is 0 Å². The summed E-state index contributed by atoms with van der Waals surface area (Å²) in [6.45, 7) is 5.92. The second-order valence-corrected chi connectivity index (χ2v) is 7.40. The molecule has 0 radical (unpaired) electrons. The molecule has 2 rings (SSSR count). The molecule has 5 heteroatoms. The standard InChI is InChI=1S/C14H22N2O2S/c1-12(2)15-8-5-9-19(17,18)16-10-13-6-3-4-7-14(13)11-16/h3-4,6-7,12,15H,5,8-11H2,1-2H3. The largest absolute Gasteiger partial charge is 0.314 e. The third-order valence-corrected chi connectivity index (χ3v) is 5.19. The summed E-state index contributed by atoms with van der Waals surface area (Å²) in [5.41, 5.74) is 2.26. The van der Waals surface area contributed by atoms with Crippen LogP contribution in [0.3, 0.4) is 0 Å². The Morgan fingerprint density at radius 1 is 1.21 bits per heavy atom. The molecule has 0 atom stereocenters. The average molecular weight is 282 g/mol. The lowest BCUT2D eigenvalue weighted by Crippen LogP contribution is -2.31. The number of fused-ring (bicyclic) bond motifs is 1. The van der Waals surface area contributed by atoms with Crippen molar-refractivity contribution >= 4 is 10.0 Å². The fraction of sp³-hybridized carbons (Fsp3) is 0.571. The van der Waals surface area contributed by atoms with E-state index in [0.717, 1.165) is 17.7 Å². The minimum absolute atomic E-state index is 0.223. The molecule has 19 heavy (non-hydrogen) atoms. The summed E-state index contributed by atoms with van der Waals surface area (Å²) in [7, 11) is -3.13. The quantitative estimate of drug-likeness (QED) is 0.808. The Morgan fingerprint density at radius 2 is 1.79 bits per heavy atom. The molecule has 0 aromatic heterocycles. The van der Waals surface area contributed by atoms with Gasteiger partial charge >= 0.3 is 0 Å². The fourth-order valence-corrected chi connectivity index (χ4v) is 3.71. The van der Waals surface area contributed by atoms with Crippen LogP contribution in [0.5, 0.6) is 0 Å². The highest BCUT2D eigenvalue weighted by Crippen LogP contribution is 2.25. The van der Waals surface area contributed by atoms with Gasteiger partial charge in [0.2, 0.25) is 10.0 Å². The summed E-state index contributed by atoms with van der Waals surface area (Å²) in [6.07, 6.45) is 0.660. The van der Waals surface area contributed by atoms with Crippen LogP contribution in [0.1, 0.15) is 31.4 Å². The number of nitrogens with zero attached hydrogens (tertiary/aromatic N) is 1. The molecule has 4 nitrogen and oxygen atoms in total. The van der Waals surface area contributed by atoms with Crippen molar-refractivity contribution in [2.75, 3.05) is 12.3 Å². The van der Waals surface area contributed by atoms with Crippen LogP contribution < -0.4 is 5.32 Å². The van der Waals surface area contributed by atoms with Crippen molar-refractivity contribution < 1.29 is 8.42 Å². The van der Waals surface area contributed by atoms with Crippen molar-refractivity contribution in [3.05, 3.63) is 35.4 Å². The van der Waals surface area contributed by atoms with Gasteiger partial charge in [0, 0.05) is 19.1 Å². The van der Waals surface area contributed by atoms with Crippen LogP contribution in [0.25, 0.3) is 0 Å². The van der Waals surface area contributed by atoms with Crippen LogP contribution in [-0.2, 0) is 23.1 Å². The van der Waals surface area contributed by atoms with Crippen LogP contribution in [0.2, 0.25) is 0 Å². The zero-order valence-electron chi connectivity index (χ0n) is 11.6. The molecule has 106 valence electrons. The maximum absolute atomic E-state index is 12.2. The van der Waals surface area contributed by atoms with E-state index in [-0.39, 0.29) is 5.75 Å². The Bertz CT molecular complexity index is 501. The summed E-state index contributed by atoms with van der Waals surface area (Å²) >= 11 is 0. The first-order chi connectivity index (χ1) is 8.99. The number of benzene rings is 1. The smallest absolute Gasteiger partial charge is 0.214 e. The Kier molecular flexibility index (Phi) is 4.60. The van der Waals surface area contributed by atoms with Gasteiger partial charge in [-0.3, -0.25) is 0 Å². The van der Waals surface area contributed by atoms with Crippen molar-refractivity contribution in [2.24, 2.45) is 0 Å². The fourth-order valence-electron chi connectivity index (χ4n) is 2.27. The van der Waals surface area contributed by atoms with E-state index in [9.17, 15) is 8.42 Å². The molecule has 0 amide bonds. The lowest BCUT2D eigenvalue weighted by atomic mass is 10.1. The maximum atomic E-state index is 12.2.